The molecule has 0 bridgehead atoms. The average molecular weight is 387 g/mol. The number of hydrogen-bond acceptors (Lipinski definition) is 5. The van der Waals surface area contributed by atoms with Crippen LogP contribution >= 0.6 is 11.6 Å². The number of rotatable bonds is 5. The van der Waals surface area contributed by atoms with Gasteiger partial charge in [-0.2, -0.15) is 0 Å². The van der Waals surface area contributed by atoms with E-state index in [4.69, 9.17) is 25.5 Å². The molecular formula is C21H19ClO5. The van der Waals surface area contributed by atoms with Gasteiger partial charge in [0.2, 0.25) is 11.2 Å². The Kier molecular flexibility index (Phi) is 5.51. The molecule has 0 saturated carbocycles. The summed E-state index contributed by atoms with van der Waals surface area (Å²) >= 11 is 6.16. The van der Waals surface area contributed by atoms with Crippen LogP contribution in [0.5, 0.6) is 5.75 Å². The van der Waals surface area contributed by atoms with Crippen LogP contribution in [-0.4, -0.2) is 19.2 Å². The lowest BCUT2D eigenvalue weighted by atomic mass is 10.1. The molecule has 2 aromatic carbocycles. The molecule has 0 N–H and O–H groups in total. The molecule has 27 heavy (non-hydrogen) atoms. The highest BCUT2D eigenvalue weighted by atomic mass is 35.5. The summed E-state index contributed by atoms with van der Waals surface area (Å²) in [7, 11) is 0. The Morgan fingerprint density at radius 3 is 2.52 bits per heavy atom. The van der Waals surface area contributed by atoms with Gasteiger partial charge in [0.05, 0.1) is 12.0 Å². The normalized spacial score (nSPS) is 10.8. The third-order valence-electron chi connectivity index (χ3n) is 4.08. The van der Waals surface area contributed by atoms with Crippen molar-refractivity contribution in [2.45, 2.75) is 20.8 Å². The van der Waals surface area contributed by atoms with E-state index >= 15 is 0 Å². The summed E-state index contributed by atoms with van der Waals surface area (Å²) in [5, 5.41) is 0.745. The molecule has 0 unspecified atom stereocenters. The van der Waals surface area contributed by atoms with Crippen molar-refractivity contribution in [3.63, 3.8) is 0 Å². The number of hydrogen-bond donors (Lipinski definition) is 0. The smallest absolute Gasteiger partial charge is 0.344 e. The topological polar surface area (TPSA) is 65.7 Å². The Bertz CT molecular complexity index is 1050. The fraction of sp³-hybridized carbons (Fsp3) is 0.238. The zero-order valence-electron chi connectivity index (χ0n) is 15.3. The number of esters is 1. The molecule has 0 aliphatic carbocycles. The van der Waals surface area contributed by atoms with Crippen molar-refractivity contribution >= 4 is 28.5 Å². The van der Waals surface area contributed by atoms with Gasteiger partial charge < -0.3 is 13.9 Å². The van der Waals surface area contributed by atoms with Crippen molar-refractivity contribution in [2.24, 2.45) is 0 Å². The Morgan fingerprint density at radius 1 is 1.15 bits per heavy atom. The molecule has 0 aliphatic rings. The molecular weight excluding hydrogens is 368 g/mol. The second-order valence-electron chi connectivity index (χ2n) is 6.15. The average Bonchev–Trinajstić information content (AvgIpc) is 2.63. The summed E-state index contributed by atoms with van der Waals surface area (Å²) in [4.78, 5) is 24.7. The monoisotopic (exact) mass is 386 g/mol. The predicted octanol–water partition coefficient (Wildman–Crippen LogP) is 4.67. The van der Waals surface area contributed by atoms with E-state index in [1.165, 1.54) is 0 Å². The molecule has 0 aliphatic heterocycles. The maximum absolute atomic E-state index is 13.0. The van der Waals surface area contributed by atoms with Crippen molar-refractivity contribution in [3.8, 4) is 17.1 Å². The molecule has 6 heteroatoms. The number of benzene rings is 2. The first-order valence-electron chi connectivity index (χ1n) is 8.53. The maximum atomic E-state index is 13.0. The number of carbonyl (C=O) groups excluding carboxylic acids is 1. The predicted molar refractivity (Wildman–Crippen MR) is 105 cm³/mol. The van der Waals surface area contributed by atoms with E-state index in [9.17, 15) is 9.59 Å². The lowest BCUT2D eigenvalue weighted by Crippen LogP contribution is -2.18. The quantitative estimate of drug-likeness (QED) is 0.596. The minimum Gasteiger partial charge on any atom is -0.474 e. The van der Waals surface area contributed by atoms with Crippen molar-refractivity contribution in [1.29, 1.82) is 0 Å². The van der Waals surface area contributed by atoms with Crippen molar-refractivity contribution in [1.82, 2.24) is 0 Å². The molecule has 140 valence electrons. The van der Waals surface area contributed by atoms with Gasteiger partial charge in [0.15, 0.2) is 12.4 Å². The molecule has 0 spiro atoms. The molecule has 0 fully saturated rings. The lowest BCUT2D eigenvalue weighted by molar-refractivity contribution is -0.145. The highest BCUT2D eigenvalue weighted by Gasteiger charge is 2.20. The van der Waals surface area contributed by atoms with Gasteiger partial charge in [-0.25, -0.2) is 4.79 Å². The van der Waals surface area contributed by atoms with Gasteiger partial charge in [-0.1, -0.05) is 41.4 Å². The number of carbonyl (C=O) groups is 1. The lowest BCUT2D eigenvalue weighted by Gasteiger charge is -2.12. The third-order valence-corrected chi connectivity index (χ3v) is 4.49. The van der Waals surface area contributed by atoms with Gasteiger partial charge in [-0.15, -0.1) is 0 Å². The Labute approximate surface area is 161 Å². The fourth-order valence-electron chi connectivity index (χ4n) is 2.66. The van der Waals surface area contributed by atoms with Crippen LogP contribution in [0.25, 0.3) is 22.3 Å². The number of halogens is 1. The third kappa shape index (κ3) is 3.98. The molecule has 3 rings (SSSR count). The van der Waals surface area contributed by atoms with Gasteiger partial charge in [0.25, 0.3) is 0 Å². The zero-order valence-corrected chi connectivity index (χ0v) is 16.1. The second-order valence-corrected chi connectivity index (χ2v) is 6.55. The first-order valence-corrected chi connectivity index (χ1v) is 8.91. The van der Waals surface area contributed by atoms with Crippen LogP contribution < -0.4 is 10.2 Å². The van der Waals surface area contributed by atoms with E-state index < -0.39 is 11.4 Å². The Morgan fingerprint density at radius 2 is 1.85 bits per heavy atom. The molecule has 3 aromatic rings. The summed E-state index contributed by atoms with van der Waals surface area (Å²) in [6.07, 6.45) is 0. The van der Waals surface area contributed by atoms with Crippen LogP contribution in [0.2, 0.25) is 5.02 Å². The first kappa shape index (κ1) is 19.0. The summed E-state index contributed by atoms with van der Waals surface area (Å²) in [5.74, 6) is -0.341. The van der Waals surface area contributed by atoms with Crippen molar-refractivity contribution in [2.75, 3.05) is 13.2 Å². The molecule has 1 aromatic heterocycles. The second kappa shape index (κ2) is 7.84. The van der Waals surface area contributed by atoms with Crippen LogP contribution in [0.4, 0.5) is 0 Å². The van der Waals surface area contributed by atoms with E-state index in [2.05, 4.69) is 0 Å². The molecule has 0 radical (unpaired) electrons. The largest absolute Gasteiger partial charge is 0.474 e. The number of ether oxygens (including phenoxy) is 2. The van der Waals surface area contributed by atoms with Crippen LogP contribution in [0.3, 0.4) is 0 Å². The van der Waals surface area contributed by atoms with Crippen molar-refractivity contribution in [3.05, 3.63) is 62.8 Å². The summed E-state index contributed by atoms with van der Waals surface area (Å²) in [5.41, 5.74) is 2.55. The van der Waals surface area contributed by atoms with Crippen LogP contribution in [0.1, 0.15) is 18.1 Å². The molecule has 0 atom stereocenters. The SMILES string of the molecule is CCOC(=O)COc1c(-c2ccc(C)cc2)oc2cc(C)c(Cl)cc2c1=O. The van der Waals surface area contributed by atoms with Crippen LogP contribution in [0, 0.1) is 13.8 Å². The molecule has 0 saturated heterocycles. The Balaban J connectivity index is 2.18. The molecule has 0 amide bonds. The van der Waals surface area contributed by atoms with Gasteiger partial charge in [0.1, 0.15) is 5.58 Å². The summed E-state index contributed by atoms with van der Waals surface area (Å²) < 4.78 is 16.4. The van der Waals surface area contributed by atoms with Gasteiger partial charge in [-0.3, -0.25) is 4.79 Å². The molecule has 5 nitrogen and oxygen atoms in total. The summed E-state index contributed by atoms with van der Waals surface area (Å²) in [6, 6.07) is 10.7. The first-order chi connectivity index (χ1) is 12.9. The van der Waals surface area contributed by atoms with Gasteiger partial charge in [0, 0.05) is 10.6 Å². The van der Waals surface area contributed by atoms with E-state index in [-0.39, 0.29) is 24.7 Å². The highest BCUT2D eigenvalue weighted by molar-refractivity contribution is 6.32. The van der Waals surface area contributed by atoms with Gasteiger partial charge >= 0.3 is 5.97 Å². The minimum absolute atomic E-state index is 0.0423. The highest BCUT2D eigenvalue weighted by Crippen LogP contribution is 2.32. The number of aryl methyl sites for hydroxylation is 2. The van der Waals surface area contributed by atoms with E-state index in [0.717, 1.165) is 11.1 Å². The fourth-order valence-corrected chi connectivity index (χ4v) is 2.82. The zero-order chi connectivity index (χ0) is 19.6. The van der Waals surface area contributed by atoms with Crippen LogP contribution in [0.15, 0.2) is 45.6 Å². The molecule has 1 heterocycles. The summed E-state index contributed by atoms with van der Waals surface area (Å²) in [6.45, 7) is 5.34. The van der Waals surface area contributed by atoms with E-state index in [1.54, 1.807) is 19.1 Å². The van der Waals surface area contributed by atoms with Crippen LogP contribution in [-0.2, 0) is 9.53 Å². The standard InChI is InChI=1S/C21H19ClO5/c1-4-25-18(23)11-26-21-19(24)15-10-16(22)13(3)9-17(15)27-20(21)14-7-5-12(2)6-8-14/h5-10H,4,11H2,1-3H3. The minimum atomic E-state index is -0.561. The van der Waals surface area contributed by atoms with Crippen molar-refractivity contribution < 1.29 is 18.7 Å². The maximum Gasteiger partial charge on any atom is 0.344 e. The van der Waals surface area contributed by atoms with E-state index in [1.807, 2.05) is 38.1 Å². The number of fused-ring (bicyclic) bond motifs is 1. The van der Waals surface area contributed by atoms with Gasteiger partial charge in [-0.05, 0) is 38.5 Å². The van der Waals surface area contributed by atoms with E-state index in [0.29, 0.717) is 21.6 Å². The Hall–Kier alpha value is -2.79.